The molecule has 1 saturated heterocycles. The van der Waals surface area contributed by atoms with Crippen molar-refractivity contribution < 1.29 is 4.74 Å². The fraction of sp³-hybridized carbons (Fsp3) is 0.556. The summed E-state index contributed by atoms with van der Waals surface area (Å²) in [5, 5.41) is 0. The van der Waals surface area contributed by atoms with Crippen molar-refractivity contribution in [2.45, 2.75) is 39.2 Å². The van der Waals surface area contributed by atoms with Crippen LogP contribution in [-0.2, 0) is 4.74 Å². The number of aromatic nitrogens is 2. The normalized spacial score (nSPS) is 16.4. The first-order chi connectivity index (χ1) is 11.1. The van der Waals surface area contributed by atoms with Gasteiger partial charge < -0.3 is 9.64 Å². The highest BCUT2D eigenvalue weighted by Crippen LogP contribution is 2.28. The van der Waals surface area contributed by atoms with Gasteiger partial charge in [-0.05, 0) is 53.2 Å². The first kappa shape index (κ1) is 16.7. The number of hydrogen-bond acceptors (Lipinski definition) is 4. The summed E-state index contributed by atoms with van der Waals surface area (Å²) in [4.78, 5) is 11.4. The Morgan fingerprint density at radius 2 is 2.09 bits per heavy atom. The lowest BCUT2D eigenvalue weighted by Gasteiger charge is -2.33. The largest absolute Gasteiger partial charge is 0.378 e. The lowest BCUT2D eigenvalue weighted by molar-refractivity contribution is 0.0312. The molecule has 0 bridgehead atoms. The minimum atomic E-state index is 0.403. The smallest absolute Gasteiger partial charge is 0.112 e. The first-order valence-electron chi connectivity index (χ1n) is 8.40. The molecule has 23 heavy (non-hydrogen) atoms. The van der Waals surface area contributed by atoms with E-state index in [4.69, 9.17) is 4.74 Å². The molecule has 1 aliphatic rings. The van der Waals surface area contributed by atoms with Crippen molar-refractivity contribution in [3.05, 3.63) is 29.0 Å². The monoisotopic (exact) mass is 377 g/mol. The summed E-state index contributed by atoms with van der Waals surface area (Å²) in [6.45, 7) is 7.40. The number of nitrogens with zero attached hydrogens (tertiary/aromatic N) is 3. The van der Waals surface area contributed by atoms with E-state index < -0.39 is 0 Å². The number of hydrogen-bond donors (Lipinski definition) is 0. The van der Waals surface area contributed by atoms with Crippen molar-refractivity contribution in [1.82, 2.24) is 9.97 Å². The number of halogens is 1. The summed E-state index contributed by atoms with van der Waals surface area (Å²) in [6.07, 6.45) is 7.43. The molecule has 3 rings (SSSR count). The predicted molar refractivity (Wildman–Crippen MR) is 97.9 cm³/mol. The Morgan fingerprint density at radius 1 is 1.30 bits per heavy atom. The van der Waals surface area contributed by atoms with Gasteiger partial charge in [-0.15, -0.1) is 0 Å². The van der Waals surface area contributed by atoms with Gasteiger partial charge in [0, 0.05) is 36.6 Å². The lowest BCUT2D eigenvalue weighted by atomic mass is 10.1. The lowest BCUT2D eigenvalue weighted by Crippen LogP contribution is -2.37. The highest BCUT2D eigenvalue weighted by molar-refractivity contribution is 9.10. The minimum absolute atomic E-state index is 0.403. The number of ether oxygens (including phenoxy) is 1. The van der Waals surface area contributed by atoms with Gasteiger partial charge in [0.15, 0.2) is 0 Å². The number of fused-ring (bicyclic) bond motifs is 1. The SMILES string of the molecule is CC(C)CCOC1CCN(c2ccnc3cc(Br)cnc23)CC1. The standard InChI is InChI=1S/C18H24BrN3O/c1-13(2)6-10-23-15-4-8-22(9-5-15)17-3-7-20-16-11-14(19)12-21-18(16)17/h3,7,11-13,15H,4-6,8-10H2,1-2H3. The second-order valence-corrected chi connectivity index (χ2v) is 7.51. The van der Waals surface area contributed by atoms with E-state index in [1.54, 1.807) is 0 Å². The molecule has 0 saturated carbocycles. The summed E-state index contributed by atoms with van der Waals surface area (Å²) in [5.74, 6) is 0.712. The zero-order chi connectivity index (χ0) is 16.2. The van der Waals surface area contributed by atoms with E-state index in [2.05, 4.69) is 50.7 Å². The second-order valence-electron chi connectivity index (χ2n) is 6.59. The summed E-state index contributed by atoms with van der Waals surface area (Å²) in [7, 11) is 0. The molecule has 3 heterocycles. The van der Waals surface area contributed by atoms with Crippen LogP contribution in [0.3, 0.4) is 0 Å². The molecule has 2 aromatic heterocycles. The molecule has 124 valence electrons. The third-order valence-electron chi connectivity index (χ3n) is 4.35. The molecule has 0 aromatic carbocycles. The van der Waals surface area contributed by atoms with Gasteiger partial charge in [-0.3, -0.25) is 9.97 Å². The van der Waals surface area contributed by atoms with Gasteiger partial charge in [0.1, 0.15) is 5.52 Å². The first-order valence-corrected chi connectivity index (χ1v) is 9.19. The van der Waals surface area contributed by atoms with Crippen LogP contribution in [-0.4, -0.2) is 35.8 Å². The molecule has 0 unspecified atom stereocenters. The van der Waals surface area contributed by atoms with Crippen LogP contribution in [0.4, 0.5) is 5.69 Å². The average Bonchev–Trinajstić information content (AvgIpc) is 2.54. The summed E-state index contributed by atoms with van der Waals surface area (Å²) in [6, 6.07) is 4.09. The number of pyridine rings is 2. The van der Waals surface area contributed by atoms with Crippen molar-refractivity contribution in [2.75, 3.05) is 24.6 Å². The minimum Gasteiger partial charge on any atom is -0.378 e. The Balaban J connectivity index is 1.64. The molecule has 0 atom stereocenters. The van der Waals surface area contributed by atoms with E-state index in [1.165, 1.54) is 5.69 Å². The average molecular weight is 378 g/mol. The number of piperidine rings is 1. The molecule has 1 fully saturated rings. The second kappa shape index (κ2) is 7.58. The molecule has 0 aliphatic carbocycles. The third kappa shape index (κ3) is 4.21. The van der Waals surface area contributed by atoms with E-state index >= 15 is 0 Å². The Bertz CT molecular complexity index is 654. The molecule has 0 N–H and O–H groups in total. The van der Waals surface area contributed by atoms with Crippen LogP contribution in [0.2, 0.25) is 0 Å². The predicted octanol–water partition coefficient (Wildman–Crippen LogP) is 4.42. The van der Waals surface area contributed by atoms with Crippen LogP contribution < -0.4 is 4.90 Å². The van der Waals surface area contributed by atoms with Crippen molar-refractivity contribution >= 4 is 32.7 Å². The van der Waals surface area contributed by atoms with Crippen molar-refractivity contribution in [3.63, 3.8) is 0 Å². The van der Waals surface area contributed by atoms with Crippen LogP contribution >= 0.6 is 15.9 Å². The van der Waals surface area contributed by atoms with Crippen molar-refractivity contribution in [1.29, 1.82) is 0 Å². The van der Waals surface area contributed by atoms with E-state index in [0.717, 1.165) is 54.5 Å². The maximum Gasteiger partial charge on any atom is 0.112 e. The molecular weight excluding hydrogens is 354 g/mol. The van der Waals surface area contributed by atoms with Crippen LogP contribution in [0, 0.1) is 5.92 Å². The van der Waals surface area contributed by atoms with E-state index in [0.29, 0.717) is 12.0 Å². The van der Waals surface area contributed by atoms with Crippen molar-refractivity contribution in [2.24, 2.45) is 5.92 Å². The van der Waals surface area contributed by atoms with Gasteiger partial charge >= 0.3 is 0 Å². The molecule has 4 nitrogen and oxygen atoms in total. The van der Waals surface area contributed by atoms with E-state index in [9.17, 15) is 0 Å². The highest BCUT2D eigenvalue weighted by Gasteiger charge is 2.21. The molecule has 0 radical (unpaired) electrons. The quantitative estimate of drug-likeness (QED) is 0.772. The number of anilines is 1. The van der Waals surface area contributed by atoms with Crippen LogP contribution in [0.5, 0.6) is 0 Å². The van der Waals surface area contributed by atoms with Gasteiger partial charge in [0.25, 0.3) is 0 Å². The zero-order valence-corrected chi connectivity index (χ0v) is 15.4. The molecule has 0 spiro atoms. The van der Waals surface area contributed by atoms with Gasteiger partial charge in [-0.25, -0.2) is 0 Å². The summed E-state index contributed by atoms with van der Waals surface area (Å²) >= 11 is 3.46. The fourth-order valence-electron chi connectivity index (χ4n) is 2.98. The highest BCUT2D eigenvalue weighted by atomic mass is 79.9. The third-order valence-corrected chi connectivity index (χ3v) is 4.79. The molecular formula is C18H24BrN3O. The Labute approximate surface area is 146 Å². The van der Waals surface area contributed by atoms with E-state index in [1.807, 2.05) is 18.5 Å². The molecule has 5 heteroatoms. The summed E-state index contributed by atoms with van der Waals surface area (Å²) in [5.41, 5.74) is 3.10. The van der Waals surface area contributed by atoms with Crippen LogP contribution in [0.25, 0.3) is 11.0 Å². The topological polar surface area (TPSA) is 38.2 Å². The van der Waals surface area contributed by atoms with Crippen LogP contribution in [0.1, 0.15) is 33.1 Å². The van der Waals surface area contributed by atoms with Gasteiger partial charge in [-0.1, -0.05) is 13.8 Å². The van der Waals surface area contributed by atoms with Gasteiger partial charge in [-0.2, -0.15) is 0 Å². The Morgan fingerprint density at radius 3 is 2.83 bits per heavy atom. The maximum atomic E-state index is 6.02. The van der Waals surface area contributed by atoms with E-state index in [-0.39, 0.29) is 0 Å². The Kier molecular flexibility index (Phi) is 5.49. The molecule has 0 amide bonds. The molecule has 1 aliphatic heterocycles. The Hall–Kier alpha value is -1.20. The van der Waals surface area contributed by atoms with Crippen molar-refractivity contribution in [3.8, 4) is 0 Å². The summed E-state index contributed by atoms with van der Waals surface area (Å²) < 4.78 is 6.99. The molecule has 2 aromatic rings. The number of rotatable bonds is 5. The zero-order valence-electron chi connectivity index (χ0n) is 13.8. The van der Waals surface area contributed by atoms with Crippen LogP contribution in [0.15, 0.2) is 29.0 Å². The fourth-order valence-corrected chi connectivity index (χ4v) is 3.30. The van der Waals surface area contributed by atoms with Gasteiger partial charge in [0.2, 0.25) is 0 Å². The maximum absolute atomic E-state index is 6.02. The van der Waals surface area contributed by atoms with Gasteiger partial charge in [0.05, 0.1) is 17.3 Å².